The van der Waals surface area contributed by atoms with Crippen LogP contribution >= 0.6 is 0 Å². The van der Waals surface area contributed by atoms with Crippen LogP contribution in [-0.4, -0.2) is 50.2 Å². The maximum absolute atomic E-state index is 12.4. The van der Waals surface area contributed by atoms with Gasteiger partial charge in [-0.1, -0.05) is 12.1 Å². The number of benzene rings is 1. The van der Waals surface area contributed by atoms with E-state index in [1.807, 2.05) is 4.90 Å². The van der Waals surface area contributed by atoms with Gasteiger partial charge in [-0.3, -0.25) is 4.79 Å². The number of ether oxygens (including phenoxy) is 1. The average Bonchev–Trinajstić information content (AvgIpc) is 3.04. The van der Waals surface area contributed by atoms with Gasteiger partial charge in [-0.25, -0.2) is 0 Å². The van der Waals surface area contributed by atoms with Crippen LogP contribution in [-0.2, 0) is 9.53 Å². The lowest BCUT2D eigenvalue weighted by atomic mass is 10.1. The fraction of sp³-hybridized carbons (Fsp3) is 0.588. The largest absolute Gasteiger partial charge is 0.381 e. The first kappa shape index (κ1) is 14.4. The van der Waals surface area contributed by atoms with E-state index in [2.05, 4.69) is 36.9 Å². The van der Waals surface area contributed by atoms with Crippen molar-refractivity contribution in [3.05, 3.63) is 29.3 Å². The van der Waals surface area contributed by atoms with E-state index in [1.54, 1.807) is 0 Å². The molecule has 0 spiro atoms. The van der Waals surface area contributed by atoms with Crippen LogP contribution in [0.3, 0.4) is 0 Å². The molecule has 1 aromatic carbocycles. The number of carbonyl (C=O) groups is 1. The minimum Gasteiger partial charge on any atom is -0.381 e. The molecule has 0 aromatic heterocycles. The van der Waals surface area contributed by atoms with Crippen LogP contribution in [0.5, 0.6) is 0 Å². The SMILES string of the molecule is Cc1cccc(N2CCN(C(=O)C3CCOC3)CC2)c1C. The molecular formula is C17H24N2O2. The highest BCUT2D eigenvalue weighted by Crippen LogP contribution is 2.24. The zero-order chi connectivity index (χ0) is 14.8. The van der Waals surface area contributed by atoms with Gasteiger partial charge in [0.2, 0.25) is 5.91 Å². The first-order valence-electron chi connectivity index (χ1n) is 7.84. The standard InChI is InChI=1S/C17H24N2O2/c1-13-4-3-5-16(14(13)2)18-7-9-19(10-8-18)17(20)15-6-11-21-12-15/h3-5,15H,6-12H2,1-2H3. The molecule has 114 valence electrons. The van der Waals surface area contributed by atoms with Crippen molar-refractivity contribution in [1.29, 1.82) is 0 Å². The summed E-state index contributed by atoms with van der Waals surface area (Å²) in [6.45, 7) is 9.16. The first-order chi connectivity index (χ1) is 10.2. The molecule has 4 heteroatoms. The molecule has 21 heavy (non-hydrogen) atoms. The van der Waals surface area contributed by atoms with Crippen molar-refractivity contribution in [1.82, 2.24) is 4.90 Å². The Hall–Kier alpha value is -1.55. The van der Waals surface area contributed by atoms with Crippen LogP contribution in [0.15, 0.2) is 18.2 Å². The third-order valence-electron chi connectivity index (χ3n) is 4.79. The van der Waals surface area contributed by atoms with Gasteiger partial charge in [0.25, 0.3) is 0 Å². The summed E-state index contributed by atoms with van der Waals surface area (Å²) in [6.07, 6.45) is 0.885. The third-order valence-corrected chi connectivity index (χ3v) is 4.79. The molecule has 0 aliphatic carbocycles. The molecule has 1 unspecified atom stereocenters. The van der Waals surface area contributed by atoms with Crippen molar-refractivity contribution >= 4 is 11.6 Å². The van der Waals surface area contributed by atoms with E-state index in [0.717, 1.165) is 39.2 Å². The second-order valence-corrected chi connectivity index (χ2v) is 6.09. The van der Waals surface area contributed by atoms with Gasteiger partial charge < -0.3 is 14.5 Å². The highest BCUT2D eigenvalue weighted by Gasteiger charge is 2.30. The van der Waals surface area contributed by atoms with Gasteiger partial charge in [0.05, 0.1) is 12.5 Å². The van der Waals surface area contributed by atoms with E-state index < -0.39 is 0 Å². The summed E-state index contributed by atoms with van der Waals surface area (Å²) in [5, 5.41) is 0. The molecule has 0 radical (unpaired) electrons. The normalized spacial score (nSPS) is 22.7. The molecule has 1 atom stereocenters. The topological polar surface area (TPSA) is 32.8 Å². The summed E-state index contributed by atoms with van der Waals surface area (Å²) in [7, 11) is 0. The Morgan fingerprint density at radius 1 is 1.19 bits per heavy atom. The molecule has 3 rings (SSSR count). The van der Waals surface area contributed by atoms with Crippen LogP contribution in [0.4, 0.5) is 5.69 Å². The lowest BCUT2D eigenvalue weighted by molar-refractivity contribution is -0.135. The smallest absolute Gasteiger partial charge is 0.228 e. The summed E-state index contributed by atoms with van der Waals surface area (Å²) < 4.78 is 5.33. The Morgan fingerprint density at radius 3 is 2.62 bits per heavy atom. The van der Waals surface area contributed by atoms with Crippen molar-refractivity contribution in [2.45, 2.75) is 20.3 Å². The highest BCUT2D eigenvalue weighted by atomic mass is 16.5. The molecule has 0 bridgehead atoms. The van der Waals surface area contributed by atoms with Crippen molar-refractivity contribution in [2.24, 2.45) is 5.92 Å². The van der Waals surface area contributed by atoms with Crippen molar-refractivity contribution in [3.63, 3.8) is 0 Å². The Morgan fingerprint density at radius 2 is 1.95 bits per heavy atom. The number of anilines is 1. The third kappa shape index (κ3) is 2.91. The number of amides is 1. The van der Waals surface area contributed by atoms with Crippen LogP contribution in [0.25, 0.3) is 0 Å². The predicted molar refractivity (Wildman–Crippen MR) is 83.6 cm³/mol. The Labute approximate surface area is 126 Å². The Kier molecular flexibility index (Phi) is 4.15. The second-order valence-electron chi connectivity index (χ2n) is 6.09. The van der Waals surface area contributed by atoms with Crippen LogP contribution in [0, 0.1) is 19.8 Å². The minimum absolute atomic E-state index is 0.0947. The molecule has 2 saturated heterocycles. The van der Waals surface area contributed by atoms with E-state index >= 15 is 0 Å². The van der Waals surface area contributed by atoms with Gasteiger partial charge in [0, 0.05) is 38.5 Å². The zero-order valence-electron chi connectivity index (χ0n) is 13.0. The van der Waals surface area contributed by atoms with Crippen LogP contribution in [0.2, 0.25) is 0 Å². The molecule has 2 fully saturated rings. The van der Waals surface area contributed by atoms with Gasteiger partial charge in [0.15, 0.2) is 0 Å². The molecule has 2 aliphatic rings. The van der Waals surface area contributed by atoms with E-state index in [4.69, 9.17) is 4.74 Å². The van der Waals surface area contributed by atoms with E-state index in [1.165, 1.54) is 16.8 Å². The number of hydrogen-bond acceptors (Lipinski definition) is 3. The molecule has 0 N–H and O–H groups in total. The number of piperazine rings is 1. The molecule has 4 nitrogen and oxygen atoms in total. The number of carbonyl (C=O) groups excluding carboxylic acids is 1. The molecule has 1 aromatic rings. The van der Waals surface area contributed by atoms with Gasteiger partial charge in [-0.15, -0.1) is 0 Å². The molecular weight excluding hydrogens is 264 g/mol. The molecule has 2 aliphatic heterocycles. The summed E-state index contributed by atoms with van der Waals surface area (Å²) in [5.41, 5.74) is 3.99. The van der Waals surface area contributed by atoms with Gasteiger partial charge in [-0.05, 0) is 37.5 Å². The fourth-order valence-corrected chi connectivity index (χ4v) is 3.23. The predicted octanol–water partition coefficient (Wildman–Crippen LogP) is 1.99. The van der Waals surface area contributed by atoms with E-state index in [9.17, 15) is 4.79 Å². The van der Waals surface area contributed by atoms with Crippen molar-refractivity contribution in [2.75, 3.05) is 44.3 Å². The van der Waals surface area contributed by atoms with Crippen molar-refractivity contribution in [3.8, 4) is 0 Å². The first-order valence-corrected chi connectivity index (χ1v) is 7.84. The molecule has 2 heterocycles. The number of nitrogens with zero attached hydrogens (tertiary/aromatic N) is 2. The Bertz CT molecular complexity index is 516. The van der Waals surface area contributed by atoms with E-state index in [0.29, 0.717) is 6.61 Å². The quantitative estimate of drug-likeness (QED) is 0.834. The minimum atomic E-state index is 0.0947. The highest BCUT2D eigenvalue weighted by molar-refractivity contribution is 5.79. The summed E-state index contributed by atoms with van der Waals surface area (Å²) in [4.78, 5) is 16.8. The number of aryl methyl sites for hydroxylation is 1. The summed E-state index contributed by atoms with van der Waals surface area (Å²) in [6, 6.07) is 6.45. The van der Waals surface area contributed by atoms with Crippen LogP contribution < -0.4 is 4.90 Å². The maximum atomic E-state index is 12.4. The van der Waals surface area contributed by atoms with Crippen LogP contribution in [0.1, 0.15) is 17.5 Å². The Balaban J connectivity index is 1.62. The second kappa shape index (κ2) is 6.06. The number of rotatable bonds is 2. The van der Waals surface area contributed by atoms with Gasteiger partial charge >= 0.3 is 0 Å². The summed E-state index contributed by atoms with van der Waals surface area (Å²) in [5.74, 6) is 0.380. The van der Waals surface area contributed by atoms with Gasteiger partial charge in [-0.2, -0.15) is 0 Å². The van der Waals surface area contributed by atoms with E-state index in [-0.39, 0.29) is 11.8 Å². The average molecular weight is 288 g/mol. The number of hydrogen-bond donors (Lipinski definition) is 0. The molecule has 1 amide bonds. The monoisotopic (exact) mass is 288 g/mol. The fourth-order valence-electron chi connectivity index (χ4n) is 3.23. The lowest BCUT2D eigenvalue weighted by Crippen LogP contribution is -2.50. The molecule has 0 saturated carbocycles. The summed E-state index contributed by atoms with van der Waals surface area (Å²) >= 11 is 0. The van der Waals surface area contributed by atoms with Gasteiger partial charge in [0.1, 0.15) is 0 Å². The lowest BCUT2D eigenvalue weighted by Gasteiger charge is -2.37. The zero-order valence-corrected chi connectivity index (χ0v) is 13.0. The maximum Gasteiger partial charge on any atom is 0.228 e. The van der Waals surface area contributed by atoms with Crippen molar-refractivity contribution < 1.29 is 9.53 Å².